The lowest BCUT2D eigenvalue weighted by molar-refractivity contribution is 0.0992. The Bertz CT molecular complexity index is 716. The molecule has 0 saturated carbocycles. The average molecular weight is 283 g/mol. The molecule has 0 heterocycles. The number of rotatable bonds is 2. The van der Waals surface area contributed by atoms with Crippen molar-refractivity contribution in [2.24, 2.45) is 0 Å². The van der Waals surface area contributed by atoms with Crippen LogP contribution in [0.4, 0.5) is 10.1 Å². The van der Waals surface area contributed by atoms with Gasteiger partial charge < -0.3 is 10.0 Å². The Hall–Kier alpha value is -2.64. The van der Waals surface area contributed by atoms with E-state index in [0.717, 1.165) is 0 Å². The Balaban J connectivity index is 2.30. The van der Waals surface area contributed by atoms with Crippen LogP contribution in [0, 0.1) is 17.7 Å². The smallest absolute Gasteiger partial charge is 0.258 e. The Morgan fingerprint density at radius 1 is 1.24 bits per heavy atom. The van der Waals surface area contributed by atoms with E-state index in [2.05, 4.69) is 11.8 Å². The van der Waals surface area contributed by atoms with Gasteiger partial charge in [0.1, 0.15) is 12.4 Å². The first kappa shape index (κ1) is 14.8. The third-order valence-corrected chi connectivity index (χ3v) is 2.94. The summed E-state index contributed by atoms with van der Waals surface area (Å²) in [5, 5.41) is 8.68. The number of para-hydroxylation sites is 1. The van der Waals surface area contributed by atoms with Gasteiger partial charge in [-0.1, -0.05) is 30.0 Å². The molecular weight excluding hydrogens is 269 g/mol. The maximum Gasteiger partial charge on any atom is 0.258 e. The van der Waals surface area contributed by atoms with Crippen molar-refractivity contribution in [2.75, 3.05) is 18.6 Å². The fourth-order valence-corrected chi connectivity index (χ4v) is 1.90. The highest BCUT2D eigenvalue weighted by Crippen LogP contribution is 2.19. The molecule has 4 heteroatoms. The van der Waals surface area contributed by atoms with Crippen LogP contribution >= 0.6 is 0 Å². The van der Waals surface area contributed by atoms with Crippen LogP contribution in [0.5, 0.6) is 0 Å². The number of carbonyl (C=O) groups excluding carboxylic acids is 1. The summed E-state index contributed by atoms with van der Waals surface area (Å²) in [4.78, 5) is 13.6. The number of carbonyl (C=O) groups is 1. The Kier molecular flexibility index (Phi) is 4.70. The van der Waals surface area contributed by atoms with Crippen molar-refractivity contribution in [2.45, 2.75) is 0 Å². The van der Waals surface area contributed by atoms with Crippen LogP contribution in [0.1, 0.15) is 15.9 Å². The summed E-state index contributed by atoms with van der Waals surface area (Å²) in [5.74, 6) is 4.48. The van der Waals surface area contributed by atoms with Gasteiger partial charge in [0, 0.05) is 18.2 Å². The molecule has 0 aromatic heterocycles. The largest absolute Gasteiger partial charge is 0.384 e. The summed E-state index contributed by atoms with van der Waals surface area (Å²) in [6.07, 6.45) is 0. The first-order chi connectivity index (χ1) is 10.1. The van der Waals surface area contributed by atoms with Crippen LogP contribution in [0.2, 0.25) is 0 Å². The van der Waals surface area contributed by atoms with Crippen molar-refractivity contribution in [3.8, 4) is 11.8 Å². The van der Waals surface area contributed by atoms with Gasteiger partial charge in [-0.25, -0.2) is 4.39 Å². The van der Waals surface area contributed by atoms with E-state index >= 15 is 0 Å². The van der Waals surface area contributed by atoms with Crippen LogP contribution < -0.4 is 4.90 Å². The minimum absolute atomic E-state index is 0.217. The van der Waals surface area contributed by atoms with Gasteiger partial charge in [0.05, 0.1) is 5.69 Å². The summed E-state index contributed by atoms with van der Waals surface area (Å²) in [6, 6.07) is 12.8. The quantitative estimate of drug-likeness (QED) is 0.860. The lowest BCUT2D eigenvalue weighted by Crippen LogP contribution is -2.27. The predicted octanol–water partition coefficient (Wildman–Crippen LogP) is 2.45. The summed E-state index contributed by atoms with van der Waals surface area (Å²) >= 11 is 0. The highest BCUT2D eigenvalue weighted by atomic mass is 19.1. The van der Waals surface area contributed by atoms with Crippen molar-refractivity contribution in [3.63, 3.8) is 0 Å². The van der Waals surface area contributed by atoms with Gasteiger partial charge in [-0.2, -0.15) is 0 Å². The van der Waals surface area contributed by atoms with E-state index in [1.807, 2.05) is 0 Å². The number of hydrogen-bond donors (Lipinski definition) is 1. The van der Waals surface area contributed by atoms with E-state index in [1.165, 1.54) is 18.0 Å². The summed E-state index contributed by atoms with van der Waals surface area (Å²) in [6.45, 7) is -0.243. The zero-order valence-electron chi connectivity index (χ0n) is 11.5. The number of anilines is 1. The fraction of sp³-hybridized carbons (Fsp3) is 0.118. The van der Waals surface area contributed by atoms with Gasteiger partial charge in [0.2, 0.25) is 0 Å². The average Bonchev–Trinajstić information content (AvgIpc) is 2.52. The van der Waals surface area contributed by atoms with Crippen molar-refractivity contribution in [1.82, 2.24) is 0 Å². The second kappa shape index (κ2) is 6.69. The van der Waals surface area contributed by atoms with Crippen LogP contribution in [-0.4, -0.2) is 24.7 Å². The van der Waals surface area contributed by atoms with Crippen LogP contribution in [0.25, 0.3) is 0 Å². The molecule has 0 aliphatic heterocycles. The number of benzene rings is 2. The molecule has 21 heavy (non-hydrogen) atoms. The van der Waals surface area contributed by atoms with E-state index in [0.29, 0.717) is 11.1 Å². The molecule has 0 aliphatic rings. The molecule has 1 N–H and O–H groups in total. The molecule has 0 spiro atoms. The van der Waals surface area contributed by atoms with Gasteiger partial charge in [0.25, 0.3) is 5.91 Å². The van der Waals surface area contributed by atoms with E-state index in [9.17, 15) is 9.18 Å². The molecule has 1 amide bonds. The molecule has 2 rings (SSSR count). The van der Waals surface area contributed by atoms with Gasteiger partial charge in [-0.05, 0) is 30.3 Å². The molecule has 0 unspecified atom stereocenters. The van der Waals surface area contributed by atoms with E-state index in [4.69, 9.17) is 5.11 Å². The SMILES string of the molecule is CN(C(=O)c1cccc(C#CCO)c1)c1ccccc1F. The topological polar surface area (TPSA) is 40.5 Å². The lowest BCUT2D eigenvalue weighted by atomic mass is 10.1. The van der Waals surface area contributed by atoms with E-state index < -0.39 is 5.82 Å². The Morgan fingerprint density at radius 3 is 2.71 bits per heavy atom. The van der Waals surface area contributed by atoms with E-state index in [1.54, 1.807) is 42.5 Å². The Morgan fingerprint density at radius 2 is 2.00 bits per heavy atom. The lowest BCUT2D eigenvalue weighted by Gasteiger charge is -2.18. The summed E-state index contributed by atoms with van der Waals surface area (Å²) in [5.41, 5.74) is 1.25. The maximum atomic E-state index is 13.7. The molecule has 0 radical (unpaired) electrons. The second-order valence-electron chi connectivity index (χ2n) is 4.36. The van der Waals surface area contributed by atoms with Gasteiger partial charge >= 0.3 is 0 Å². The molecule has 2 aromatic carbocycles. The number of hydrogen-bond acceptors (Lipinski definition) is 2. The molecule has 2 aromatic rings. The molecular formula is C17H14FNO2. The number of aliphatic hydroxyl groups is 1. The predicted molar refractivity (Wildman–Crippen MR) is 79.5 cm³/mol. The molecule has 0 bridgehead atoms. The van der Waals surface area contributed by atoms with Gasteiger partial charge in [-0.15, -0.1) is 0 Å². The van der Waals surface area contributed by atoms with Crippen LogP contribution in [0.15, 0.2) is 48.5 Å². The molecule has 106 valence electrons. The van der Waals surface area contributed by atoms with Crippen molar-refractivity contribution < 1.29 is 14.3 Å². The molecule has 0 atom stereocenters. The fourth-order valence-electron chi connectivity index (χ4n) is 1.90. The molecule has 0 saturated heterocycles. The van der Waals surface area contributed by atoms with Crippen LogP contribution in [0.3, 0.4) is 0 Å². The zero-order chi connectivity index (χ0) is 15.2. The monoisotopic (exact) mass is 283 g/mol. The second-order valence-corrected chi connectivity index (χ2v) is 4.36. The highest BCUT2D eigenvalue weighted by Gasteiger charge is 2.16. The molecule has 0 aliphatic carbocycles. The minimum atomic E-state index is -0.454. The van der Waals surface area contributed by atoms with Crippen molar-refractivity contribution in [1.29, 1.82) is 0 Å². The molecule has 3 nitrogen and oxygen atoms in total. The standard InChI is InChI=1S/C17H14FNO2/c1-19(16-10-3-2-9-15(16)18)17(21)14-8-4-6-13(12-14)7-5-11-20/h2-4,6,8-10,12,20H,11H2,1H3. The summed E-state index contributed by atoms with van der Waals surface area (Å²) < 4.78 is 13.7. The van der Waals surface area contributed by atoms with Crippen LogP contribution in [-0.2, 0) is 0 Å². The zero-order valence-corrected chi connectivity index (χ0v) is 11.5. The third kappa shape index (κ3) is 3.47. The molecule has 0 fully saturated rings. The maximum absolute atomic E-state index is 13.7. The third-order valence-electron chi connectivity index (χ3n) is 2.94. The number of aliphatic hydroxyl groups excluding tert-OH is 1. The van der Waals surface area contributed by atoms with Crippen molar-refractivity contribution >= 4 is 11.6 Å². The first-order valence-corrected chi connectivity index (χ1v) is 6.36. The van der Waals surface area contributed by atoms with Crippen molar-refractivity contribution in [3.05, 3.63) is 65.5 Å². The van der Waals surface area contributed by atoms with Gasteiger partial charge in [0.15, 0.2) is 0 Å². The summed E-state index contributed by atoms with van der Waals surface area (Å²) in [7, 11) is 1.52. The van der Waals surface area contributed by atoms with E-state index in [-0.39, 0.29) is 18.2 Å². The Labute approximate surface area is 122 Å². The van der Waals surface area contributed by atoms with Gasteiger partial charge in [-0.3, -0.25) is 4.79 Å². The minimum Gasteiger partial charge on any atom is -0.384 e. The first-order valence-electron chi connectivity index (χ1n) is 6.36. The number of halogens is 1. The number of nitrogens with zero attached hydrogens (tertiary/aromatic N) is 1. The highest BCUT2D eigenvalue weighted by molar-refractivity contribution is 6.05. The normalized spacial score (nSPS) is 9.67. The number of amides is 1.